The first-order valence-electron chi connectivity index (χ1n) is 5.05. The SMILES string of the molecule is O=C(Nc1ncc[nH]1)c1ccc(F)c(C(F)(F)F)c1. The van der Waals surface area contributed by atoms with Gasteiger partial charge in [-0.05, 0) is 18.2 Å². The number of nitrogens with zero attached hydrogens (tertiary/aromatic N) is 1. The van der Waals surface area contributed by atoms with E-state index in [1.807, 2.05) is 0 Å². The summed E-state index contributed by atoms with van der Waals surface area (Å²) in [5, 5.41) is 2.24. The van der Waals surface area contributed by atoms with Crippen molar-refractivity contribution in [3.63, 3.8) is 0 Å². The highest BCUT2D eigenvalue weighted by Gasteiger charge is 2.34. The maximum absolute atomic E-state index is 13.0. The molecule has 19 heavy (non-hydrogen) atoms. The van der Waals surface area contributed by atoms with Crippen LogP contribution < -0.4 is 5.32 Å². The number of H-pyrrole nitrogens is 1. The molecule has 0 aliphatic carbocycles. The van der Waals surface area contributed by atoms with Gasteiger partial charge in [0, 0.05) is 18.0 Å². The van der Waals surface area contributed by atoms with Crippen LogP contribution in [0.25, 0.3) is 0 Å². The van der Waals surface area contributed by atoms with Crippen molar-refractivity contribution in [1.82, 2.24) is 9.97 Å². The van der Waals surface area contributed by atoms with Crippen LogP contribution in [-0.2, 0) is 6.18 Å². The molecule has 0 radical (unpaired) electrons. The lowest BCUT2D eigenvalue weighted by atomic mass is 10.1. The molecular weight excluding hydrogens is 266 g/mol. The summed E-state index contributed by atoms with van der Waals surface area (Å²) in [4.78, 5) is 17.9. The highest BCUT2D eigenvalue weighted by molar-refractivity contribution is 6.03. The Kier molecular flexibility index (Phi) is 3.24. The molecule has 100 valence electrons. The fraction of sp³-hybridized carbons (Fsp3) is 0.0909. The van der Waals surface area contributed by atoms with Crippen molar-refractivity contribution < 1.29 is 22.4 Å². The molecule has 0 bridgehead atoms. The van der Waals surface area contributed by atoms with E-state index in [1.165, 1.54) is 12.4 Å². The number of halogens is 4. The average molecular weight is 273 g/mol. The summed E-state index contributed by atoms with van der Waals surface area (Å²) in [6.07, 6.45) is -2.06. The first-order valence-corrected chi connectivity index (χ1v) is 5.05. The minimum atomic E-state index is -4.86. The summed E-state index contributed by atoms with van der Waals surface area (Å²) in [7, 11) is 0. The van der Waals surface area contributed by atoms with Gasteiger partial charge in [0.2, 0.25) is 5.95 Å². The van der Waals surface area contributed by atoms with Crippen LogP contribution >= 0.6 is 0 Å². The molecule has 0 saturated heterocycles. The number of amides is 1. The van der Waals surface area contributed by atoms with Crippen molar-refractivity contribution in [3.05, 3.63) is 47.5 Å². The Labute approximate surface area is 104 Å². The van der Waals surface area contributed by atoms with Crippen LogP contribution in [0.1, 0.15) is 15.9 Å². The standard InChI is InChI=1S/C11H7F4N3O/c12-8-2-1-6(5-7(8)11(13,14)15)9(19)18-10-16-3-4-17-10/h1-5H,(H2,16,17,18,19). The Balaban J connectivity index is 2.28. The van der Waals surface area contributed by atoms with Crippen LogP contribution in [-0.4, -0.2) is 15.9 Å². The van der Waals surface area contributed by atoms with E-state index in [9.17, 15) is 22.4 Å². The van der Waals surface area contributed by atoms with Gasteiger partial charge in [0.05, 0.1) is 5.56 Å². The number of hydrogen-bond acceptors (Lipinski definition) is 2. The number of aromatic amines is 1. The number of aromatic nitrogens is 2. The highest BCUT2D eigenvalue weighted by atomic mass is 19.4. The first kappa shape index (κ1) is 13.1. The zero-order valence-electron chi connectivity index (χ0n) is 9.25. The number of hydrogen-bond donors (Lipinski definition) is 2. The molecule has 0 unspecified atom stereocenters. The second kappa shape index (κ2) is 4.71. The van der Waals surface area contributed by atoms with E-state index in [-0.39, 0.29) is 11.5 Å². The molecule has 0 saturated carbocycles. The molecule has 1 aromatic carbocycles. The second-order valence-corrected chi connectivity index (χ2v) is 3.58. The number of carbonyl (C=O) groups excluding carboxylic acids is 1. The van der Waals surface area contributed by atoms with E-state index in [4.69, 9.17) is 0 Å². The molecule has 2 N–H and O–H groups in total. The highest BCUT2D eigenvalue weighted by Crippen LogP contribution is 2.31. The second-order valence-electron chi connectivity index (χ2n) is 3.58. The summed E-state index contributed by atoms with van der Waals surface area (Å²) < 4.78 is 50.5. The number of benzene rings is 1. The van der Waals surface area contributed by atoms with Crippen LogP contribution in [0.15, 0.2) is 30.6 Å². The Hall–Kier alpha value is -2.38. The van der Waals surface area contributed by atoms with Crippen molar-refractivity contribution in [2.45, 2.75) is 6.18 Å². The molecule has 0 spiro atoms. The van der Waals surface area contributed by atoms with E-state index in [1.54, 1.807) is 0 Å². The average Bonchev–Trinajstić information content (AvgIpc) is 2.80. The normalized spacial score (nSPS) is 11.4. The number of rotatable bonds is 2. The van der Waals surface area contributed by atoms with E-state index in [0.29, 0.717) is 12.1 Å². The predicted molar refractivity (Wildman–Crippen MR) is 57.9 cm³/mol. The third-order valence-corrected chi connectivity index (χ3v) is 2.26. The Morgan fingerprint density at radius 1 is 1.32 bits per heavy atom. The Morgan fingerprint density at radius 3 is 2.63 bits per heavy atom. The van der Waals surface area contributed by atoms with Gasteiger partial charge in [0.1, 0.15) is 5.82 Å². The lowest BCUT2D eigenvalue weighted by Crippen LogP contribution is -2.15. The molecular formula is C11H7F4N3O. The lowest BCUT2D eigenvalue weighted by Gasteiger charge is -2.09. The van der Waals surface area contributed by atoms with Crippen LogP contribution in [0.2, 0.25) is 0 Å². The van der Waals surface area contributed by atoms with Gasteiger partial charge in [0.15, 0.2) is 0 Å². The van der Waals surface area contributed by atoms with Crippen molar-refractivity contribution in [2.24, 2.45) is 0 Å². The maximum atomic E-state index is 13.0. The van der Waals surface area contributed by atoms with Gasteiger partial charge in [-0.2, -0.15) is 13.2 Å². The van der Waals surface area contributed by atoms with Crippen molar-refractivity contribution >= 4 is 11.9 Å². The van der Waals surface area contributed by atoms with E-state index >= 15 is 0 Å². The molecule has 0 atom stereocenters. The van der Waals surface area contributed by atoms with E-state index in [2.05, 4.69) is 15.3 Å². The Bertz CT molecular complexity index is 592. The van der Waals surface area contributed by atoms with E-state index < -0.39 is 23.5 Å². The zero-order chi connectivity index (χ0) is 14.0. The molecule has 4 nitrogen and oxygen atoms in total. The van der Waals surface area contributed by atoms with Crippen LogP contribution in [0.5, 0.6) is 0 Å². The molecule has 8 heteroatoms. The van der Waals surface area contributed by atoms with Gasteiger partial charge in [-0.25, -0.2) is 9.37 Å². The number of carbonyl (C=O) groups is 1. The quantitative estimate of drug-likeness (QED) is 0.826. The van der Waals surface area contributed by atoms with Gasteiger partial charge in [-0.3, -0.25) is 10.1 Å². The van der Waals surface area contributed by atoms with Crippen LogP contribution in [0, 0.1) is 5.82 Å². The maximum Gasteiger partial charge on any atom is 0.419 e. The number of anilines is 1. The predicted octanol–water partition coefficient (Wildman–Crippen LogP) is 2.82. The summed E-state index contributed by atoms with van der Waals surface area (Å²) >= 11 is 0. The topological polar surface area (TPSA) is 57.8 Å². The molecule has 0 aliphatic rings. The van der Waals surface area contributed by atoms with Crippen LogP contribution in [0.3, 0.4) is 0 Å². The van der Waals surface area contributed by atoms with Gasteiger partial charge < -0.3 is 4.98 Å². The molecule has 2 rings (SSSR count). The molecule has 2 aromatic rings. The fourth-order valence-electron chi connectivity index (χ4n) is 1.40. The summed E-state index contributed by atoms with van der Waals surface area (Å²) in [6.45, 7) is 0. The molecule has 0 fully saturated rings. The molecule has 1 amide bonds. The Morgan fingerprint density at radius 2 is 2.05 bits per heavy atom. The largest absolute Gasteiger partial charge is 0.419 e. The van der Waals surface area contributed by atoms with Crippen molar-refractivity contribution in [2.75, 3.05) is 5.32 Å². The smallest absolute Gasteiger partial charge is 0.331 e. The minimum Gasteiger partial charge on any atom is -0.331 e. The third-order valence-electron chi connectivity index (χ3n) is 2.26. The number of alkyl halides is 3. The van der Waals surface area contributed by atoms with Crippen molar-refractivity contribution in [3.8, 4) is 0 Å². The summed E-state index contributed by atoms with van der Waals surface area (Å²) in [5.74, 6) is -2.16. The van der Waals surface area contributed by atoms with Crippen LogP contribution in [0.4, 0.5) is 23.5 Å². The first-order chi connectivity index (χ1) is 8.88. The monoisotopic (exact) mass is 273 g/mol. The van der Waals surface area contributed by atoms with Gasteiger partial charge in [-0.15, -0.1) is 0 Å². The third kappa shape index (κ3) is 2.90. The zero-order valence-corrected chi connectivity index (χ0v) is 9.25. The summed E-state index contributed by atoms with van der Waals surface area (Å²) in [6, 6.07) is 2.01. The number of nitrogens with one attached hydrogen (secondary N) is 2. The van der Waals surface area contributed by atoms with Gasteiger partial charge >= 0.3 is 6.18 Å². The number of imidazole rings is 1. The molecule has 1 aromatic heterocycles. The van der Waals surface area contributed by atoms with Crippen molar-refractivity contribution in [1.29, 1.82) is 0 Å². The minimum absolute atomic E-state index is 0.0860. The molecule has 0 aliphatic heterocycles. The van der Waals surface area contributed by atoms with E-state index in [0.717, 1.165) is 6.07 Å². The van der Waals surface area contributed by atoms with Gasteiger partial charge in [-0.1, -0.05) is 0 Å². The van der Waals surface area contributed by atoms with Gasteiger partial charge in [0.25, 0.3) is 5.91 Å². The molecule has 1 heterocycles. The fourth-order valence-corrected chi connectivity index (χ4v) is 1.40. The summed E-state index contributed by atoms with van der Waals surface area (Å²) in [5.41, 5.74) is -1.80. The lowest BCUT2D eigenvalue weighted by molar-refractivity contribution is -0.140.